The molecule has 1 aromatic carbocycles. The lowest BCUT2D eigenvalue weighted by molar-refractivity contribution is -0.138. The molecule has 120 valence electrons. The Morgan fingerprint density at radius 1 is 1.43 bits per heavy atom. The molecule has 0 aliphatic rings. The third-order valence-corrected chi connectivity index (χ3v) is 3.92. The summed E-state index contributed by atoms with van der Waals surface area (Å²) < 4.78 is 44.4. The molecule has 5 nitrogen and oxygen atoms in total. The molecule has 0 amide bonds. The average molecular weight is 388 g/mol. The van der Waals surface area contributed by atoms with Crippen LogP contribution < -0.4 is 5.73 Å². The predicted molar refractivity (Wildman–Crippen MR) is 78.9 cm³/mol. The van der Waals surface area contributed by atoms with Gasteiger partial charge in [0.2, 0.25) is 0 Å². The smallest absolute Gasteiger partial charge is 0.417 e. The minimum Gasteiger partial charge on any atom is -0.464 e. The fourth-order valence-corrected chi connectivity index (χ4v) is 2.71. The quantitative estimate of drug-likeness (QED) is 0.799. The van der Waals surface area contributed by atoms with Crippen molar-refractivity contribution in [3.05, 3.63) is 45.7 Å². The van der Waals surface area contributed by atoms with Gasteiger partial charge in [-0.3, -0.25) is 0 Å². The highest BCUT2D eigenvalue weighted by molar-refractivity contribution is 9.10. The summed E-state index contributed by atoms with van der Waals surface area (Å²) in [5.74, 6) is -0.867. The van der Waals surface area contributed by atoms with Crippen molar-refractivity contribution in [2.45, 2.75) is 6.18 Å². The molecule has 1 aromatic heterocycles. The largest absolute Gasteiger partial charge is 0.464 e. The van der Waals surface area contributed by atoms with E-state index in [9.17, 15) is 18.0 Å². The molecule has 23 heavy (non-hydrogen) atoms. The number of aromatic nitrogens is 1. The van der Waals surface area contributed by atoms with E-state index in [0.29, 0.717) is 0 Å². The first-order valence-electron chi connectivity index (χ1n) is 6.07. The van der Waals surface area contributed by atoms with Crippen LogP contribution in [0.2, 0.25) is 0 Å². The molecule has 0 saturated heterocycles. The molecule has 9 heteroatoms. The Morgan fingerprint density at radius 3 is 2.61 bits per heavy atom. The SMILES string of the molecule is COC(=O)c1c(N)c(C#N)cn1-c1cccc(C(F)(F)F)c1Br. The molecular weight excluding hydrogens is 379 g/mol. The van der Waals surface area contributed by atoms with E-state index in [1.54, 1.807) is 6.07 Å². The number of esters is 1. The number of nitrogen functional groups attached to an aromatic ring is 1. The van der Waals surface area contributed by atoms with Crippen LogP contribution in [0.4, 0.5) is 18.9 Å². The minimum absolute atomic E-state index is 0.00780. The van der Waals surface area contributed by atoms with E-state index in [0.717, 1.165) is 17.7 Å². The van der Waals surface area contributed by atoms with Gasteiger partial charge in [0, 0.05) is 6.20 Å². The summed E-state index contributed by atoms with van der Waals surface area (Å²) in [6.07, 6.45) is -3.40. The van der Waals surface area contributed by atoms with Crippen molar-refractivity contribution in [1.82, 2.24) is 4.57 Å². The third-order valence-electron chi connectivity index (χ3n) is 3.09. The van der Waals surface area contributed by atoms with Crippen LogP contribution in [-0.4, -0.2) is 17.6 Å². The number of carbonyl (C=O) groups excluding carboxylic acids is 1. The number of hydrogen-bond acceptors (Lipinski definition) is 4. The average Bonchev–Trinajstić information content (AvgIpc) is 2.82. The van der Waals surface area contributed by atoms with E-state index in [2.05, 4.69) is 20.7 Å². The fraction of sp³-hybridized carbons (Fsp3) is 0.143. The lowest BCUT2D eigenvalue weighted by atomic mass is 10.2. The number of ether oxygens (including phenoxy) is 1. The third kappa shape index (κ3) is 2.90. The van der Waals surface area contributed by atoms with Gasteiger partial charge < -0.3 is 15.0 Å². The lowest BCUT2D eigenvalue weighted by Gasteiger charge is -2.15. The van der Waals surface area contributed by atoms with Gasteiger partial charge in [0.1, 0.15) is 6.07 Å². The number of halogens is 4. The normalized spacial score (nSPS) is 11.1. The first-order chi connectivity index (χ1) is 10.7. The Kier molecular flexibility index (Phi) is 4.38. The fourth-order valence-electron chi connectivity index (χ4n) is 2.03. The van der Waals surface area contributed by atoms with Crippen LogP contribution in [0.15, 0.2) is 28.9 Å². The number of carbonyl (C=O) groups is 1. The highest BCUT2D eigenvalue weighted by Gasteiger charge is 2.34. The van der Waals surface area contributed by atoms with E-state index < -0.39 is 17.7 Å². The van der Waals surface area contributed by atoms with Crippen molar-refractivity contribution >= 4 is 27.6 Å². The minimum atomic E-state index is -4.59. The van der Waals surface area contributed by atoms with Crippen LogP contribution in [0.25, 0.3) is 5.69 Å². The maximum Gasteiger partial charge on any atom is 0.417 e. The maximum absolute atomic E-state index is 13.0. The molecule has 0 aliphatic carbocycles. The number of anilines is 1. The molecule has 0 aliphatic heterocycles. The summed E-state index contributed by atoms with van der Waals surface area (Å²) in [7, 11) is 1.10. The number of alkyl halides is 3. The molecule has 1 heterocycles. The molecule has 2 N–H and O–H groups in total. The second kappa shape index (κ2) is 5.96. The van der Waals surface area contributed by atoms with Crippen LogP contribution in [0, 0.1) is 11.3 Å². The first-order valence-corrected chi connectivity index (χ1v) is 6.87. The van der Waals surface area contributed by atoms with Crippen LogP contribution in [0.5, 0.6) is 0 Å². The predicted octanol–water partition coefficient (Wildman–Crippen LogP) is 3.50. The Bertz CT molecular complexity index is 822. The number of rotatable bonds is 2. The molecule has 0 atom stereocenters. The molecule has 0 bridgehead atoms. The van der Waals surface area contributed by atoms with Crippen molar-refractivity contribution in [2.24, 2.45) is 0 Å². The number of hydrogen-bond donors (Lipinski definition) is 1. The number of benzene rings is 1. The van der Waals surface area contributed by atoms with Gasteiger partial charge in [-0.1, -0.05) is 6.07 Å². The maximum atomic E-state index is 13.0. The van der Waals surface area contributed by atoms with Gasteiger partial charge in [-0.15, -0.1) is 0 Å². The molecule has 0 unspecified atom stereocenters. The molecule has 2 aromatic rings. The van der Waals surface area contributed by atoms with Crippen molar-refractivity contribution in [1.29, 1.82) is 5.26 Å². The van der Waals surface area contributed by atoms with Crippen LogP contribution in [0.3, 0.4) is 0 Å². The number of nitrogens with zero attached hydrogens (tertiary/aromatic N) is 2. The topological polar surface area (TPSA) is 81.0 Å². The van der Waals surface area contributed by atoms with Crippen LogP contribution >= 0.6 is 15.9 Å². The van der Waals surface area contributed by atoms with Crippen molar-refractivity contribution < 1.29 is 22.7 Å². The molecule has 0 radical (unpaired) electrons. The Balaban J connectivity index is 2.78. The Morgan fingerprint density at radius 2 is 2.09 bits per heavy atom. The molecule has 0 fully saturated rings. The van der Waals surface area contributed by atoms with E-state index >= 15 is 0 Å². The van der Waals surface area contributed by atoms with Gasteiger partial charge in [0.15, 0.2) is 5.69 Å². The van der Waals surface area contributed by atoms with E-state index in [4.69, 9.17) is 11.0 Å². The molecule has 0 spiro atoms. The monoisotopic (exact) mass is 387 g/mol. The zero-order valence-corrected chi connectivity index (χ0v) is 13.2. The summed E-state index contributed by atoms with van der Waals surface area (Å²) in [5.41, 5.74) is 4.38. The van der Waals surface area contributed by atoms with E-state index in [1.165, 1.54) is 18.3 Å². The summed E-state index contributed by atoms with van der Waals surface area (Å²) in [4.78, 5) is 11.9. The number of nitriles is 1. The van der Waals surface area contributed by atoms with Crippen molar-refractivity contribution in [3.8, 4) is 11.8 Å². The Hall–Kier alpha value is -2.47. The Labute approximate surface area is 137 Å². The van der Waals surface area contributed by atoms with Crippen molar-refractivity contribution in [2.75, 3.05) is 12.8 Å². The van der Waals surface area contributed by atoms with Crippen LogP contribution in [-0.2, 0) is 10.9 Å². The van der Waals surface area contributed by atoms with Gasteiger partial charge in [-0.05, 0) is 28.1 Å². The lowest BCUT2D eigenvalue weighted by Crippen LogP contribution is -2.13. The number of nitrogens with two attached hydrogens (primary N) is 1. The summed E-state index contributed by atoms with van der Waals surface area (Å²) in [6, 6.07) is 5.21. The molecular formula is C14H9BrF3N3O2. The van der Waals surface area contributed by atoms with Gasteiger partial charge in [0.25, 0.3) is 0 Å². The van der Waals surface area contributed by atoms with Crippen molar-refractivity contribution in [3.63, 3.8) is 0 Å². The van der Waals surface area contributed by atoms with Gasteiger partial charge in [0.05, 0.1) is 34.1 Å². The zero-order chi connectivity index (χ0) is 17.4. The molecule has 0 saturated carbocycles. The van der Waals surface area contributed by atoms with Gasteiger partial charge in [-0.2, -0.15) is 18.4 Å². The number of methoxy groups -OCH3 is 1. The highest BCUT2D eigenvalue weighted by Crippen LogP contribution is 2.38. The van der Waals surface area contributed by atoms with Crippen LogP contribution in [0.1, 0.15) is 21.6 Å². The second-order valence-electron chi connectivity index (χ2n) is 4.41. The van der Waals surface area contributed by atoms with Gasteiger partial charge >= 0.3 is 12.1 Å². The first kappa shape index (κ1) is 16.9. The highest BCUT2D eigenvalue weighted by atomic mass is 79.9. The van der Waals surface area contributed by atoms with Gasteiger partial charge in [-0.25, -0.2) is 4.79 Å². The second-order valence-corrected chi connectivity index (χ2v) is 5.21. The summed E-state index contributed by atoms with van der Waals surface area (Å²) in [5, 5.41) is 9.02. The van der Waals surface area contributed by atoms with E-state index in [1.807, 2.05) is 0 Å². The standard InChI is InChI=1S/C14H9BrF3N3O2/c1-23-13(22)12-11(20)7(5-19)6-21(12)9-4-2-3-8(10(9)15)14(16,17)18/h2-4,6H,20H2,1H3. The molecule has 2 rings (SSSR count). The summed E-state index contributed by atoms with van der Waals surface area (Å²) in [6.45, 7) is 0. The summed E-state index contributed by atoms with van der Waals surface area (Å²) >= 11 is 2.90. The zero-order valence-electron chi connectivity index (χ0n) is 11.6. The van der Waals surface area contributed by atoms with E-state index in [-0.39, 0.29) is 27.1 Å².